The molecular weight excluding hydrogens is 292 g/mol. The highest BCUT2D eigenvalue weighted by molar-refractivity contribution is 5.76. The molecule has 0 aliphatic rings. The summed E-state index contributed by atoms with van der Waals surface area (Å²) in [5.74, 6) is -1.48. The lowest BCUT2D eigenvalue weighted by Gasteiger charge is -2.17. The molecule has 0 aliphatic heterocycles. The molecule has 1 unspecified atom stereocenters. The third-order valence-electron chi connectivity index (χ3n) is 3.58. The smallest absolute Gasteiger partial charge is 0.306 e. The molecule has 0 saturated heterocycles. The molecule has 0 radical (unpaired) electrons. The Morgan fingerprint density at radius 2 is 1.57 bits per heavy atom. The van der Waals surface area contributed by atoms with Crippen molar-refractivity contribution in [2.24, 2.45) is 0 Å². The number of hydrogen-bond donors (Lipinski definition) is 1. The maximum absolute atomic E-state index is 11.7. The Labute approximate surface area is 135 Å². The van der Waals surface area contributed by atoms with Crippen LogP contribution >= 0.6 is 0 Å². The molecule has 0 aliphatic carbocycles. The van der Waals surface area contributed by atoms with E-state index in [1.165, 1.54) is 0 Å². The number of rotatable bonds is 7. The number of aliphatic carboxylic acids is 1. The molecule has 0 bridgehead atoms. The first-order valence-corrected chi connectivity index (χ1v) is 7.66. The fourth-order valence-corrected chi connectivity index (χ4v) is 2.33. The van der Waals surface area contributed by atoms with E-state index < -0.39 is 11.9 Å². The molecular formula is C19H20O4. The van der Waals surface area contributed by atoms with Gasteiger partial charge in [-0.3, -0.25) is 9.59 Å². The van der Waals surface area contributed by atoms with Gasteiger partial charge in [-0.1, -0.05) is 61.5 Å². The van der Waals surface area contributed by atoms with Crippen molar-refractivity contribution in [2.45, 2.75) is 32.3 Å². The standard InChI is InChI=1S/C19H20O4/c1-2-17(23-19(22)13-12-18(20)21)16-10-8-15(9-11-16)14-6-4-3-5-7-14/h3-11,17H,2,12-13H2,1H3,(H,20,21). The van der Waals surface area contributed by atoms with Crippen LogP contribution in [0.25, 0.3) is 11.1 Å². The second kappa shape index (κ2) is 8.13. The van der Waals surface area contributed by atoms with E-state index in [1.54, 1.807) is 0 Å². The SMILES string of the molecule is CCC(OC(=O)CCC(=O)O)c1ccc(-c2ccccc2)cc1. The molecule has 0 heterocycles. The number of carboxylic acid groups (broad SMARTS) is 1. The summed E-state index contributed by atoms with van der Waals surface area (Å²) in [7, 11) is 0. The predicted octanol–water partition coefficient (Wildman–Crippen LogP) is 4.21. The van der Waals surface area contributed by atoms with Gasteiger partial charge in [0.05, 0.1) is 12.8 Å². The largest absolute Gasteiger partial charge is 0.481 e. The number of esters is 1. The van der Waals surface area contributed by atoms with Crippen molar-refractivity contribution >= 4 is 11.9 Å². The summed E-state index contributed by atoms with van der Waals surface area (Å²) in [6.07, 6.45) is -0.0132. The van der Waals surface area contributed by atoms with Crippen molar-refractivity contribution in [3.63, 3.8) is 0 Å². The molecule has 23 heavy (non-hydrogen) atoms. The van der Waals surface area contributed by atoms with Gasteiger partial charge in [0.2, 0.25) is 0 Å². The van der Waals surface area contributed by atoms with Crippen molar-refractivity contribution in [3.05, 3.63) is 60.2 Å². The van der Waals surface area contributed by atoms with Crippen LogP contribution in [0.2, 0.25) is 0 Å². The molecule has 0 fully saturated rings. The first kappa shape index (κ1) is 16.7. The zero-order valence-electron chi connectivity index (χ0n) is 13.1. The number of carbonyl (C=O) groups is 2. The number of ether oxygens (including phenoxy) is 1. The Morgan fingerprint density at radius 3 is 2.13 bits per heavy atom. The van der Waals surface area contributed by atoms with Crippen LogP contribution in [0.5, 0.6) is 0 Å². The molecule has 1 atom stereocenters. The van der Waals surface area contributed by atoms with Gasteiger partial charge in [-0.25, -0.2) is 0 Å². The van der Waals surface area contributed by atoms with Gasteiger partial charge in [0, 0.05) is 0 Å². The van der Waals surface area contributed by atoms with E-state index >= 15 is 0 Å². The second-order valence-electron chi connectivity index (χ2n) is 5.27. The van der Waals surface area contributed by atoms with Gasteiger partial charge in [0.25, 0.3) is 0 Å². The number of carboxylic acids is 1. The average Bonchev–Trinajstić information content (AvgIpc) is 2.59. The highest BCUT2D eigenvalue weighted by Gasteiger charge is 2.15. The quantitative estimate of drug-likeness (QED) is 0.778. The Morgan fingerprint density at radius 1 is 0.957 bits per heavy atom. The van der Waals surface area contributed by atoms with E-state index in [0.29, 0.717) is 6.42 Å². The molecule has 120 valence electrons. The molecule has 0 saturated carbocycles. The number of benzene rings is 2. The summed E-state index contributed by atoms with van der Waals surface area (Å²) in [6.45, 7) is 1.93. The van der Waals surface area contributed by atoms with Crippen molar-refractivity contribution in [3.8, 4) is 11.1 Å². The Kier molecular flexibility index (Phi) is 5.92. The first-order chi connectivity index (χ1) is 11.1. The van der Waals surface area contributed by atoms with Gasteiger partial charge >= 0.3 is 11.9 Å². The van der Waals surface area contributed by atoms with E-state index in [1.807, 2.05) is 61.5 Å². The average molecular weight is 312 g/mol. The van der Waals surface area contributed by atoms with Gasteiger partial charge in [-0.2, -0.15) is 0 Å². The second-order valence-corrected chi connectivity index (χ2v) is 5.27. The zero-order valence-corrected chi connectivity index (χ0v) is 13.1. The fraction of sp³-hybridized carbons (Fsp3) is 0.263. The zero-order chi connectivity index (χ0) is 16.7. The van der Waals surface area contributed by atoms with Gasteiger partial charge in [0.1, 0.15) is 6.10 Å². The van der Waals surface area contributed by atoms with Gasteiger partial charge < -0.3 is 9.84 Å². The summed E-state index contributed by atoms with van der Waals surface area (Å²) >= 11 is 0. The molecule has 2 rings (SSSR count). The molecule has 0 spiro atoms. The highest BCUT2D eigenvalue weighted by atomic mass is 16.5. The normalized spacial score (nSPS) is 11.7. The van der Waals surface area contributed by atoms with E-state index in [9.17, 15) is 9.59 Å². The van der Waals surface area contributed by atoms with E-state index in [-0.39, 0.29) is 18.9 Å². The minimum Gasteiger partial charge on any atom is -0.481 e. The van der Waals surface area contributed by atoms with E-state index in [0.717, 1.165) is 16.7 Å². The molecule has 2 aromatic carbocycles. The van der Waals surface area contributed by atoms with Crippen LogP contribution < -0.4 is 0 Å². The van der Waals surface area contributed by atoms with Crippen LogP contribution in [-0.4, -0.2) is 17.0 Å². The van der Waals surface area contributed by atoms with Gasteiger partial charge in [-0.05, 0) is 23.1 Å². The first-order valence-electron chi connectivity index (χ1n) is 7.66. The Hall–Kier alpha value is -2.62. The molecule has 0 amide bonds. The van der Waals surface area contributed by atoms with Crippen LogP contribution in [0, 0.1) is 0 Å². The van der Waals surface area contributed by atoms with E-state index in [4.69, 9.17) is 9.84 Å². The molecule has 2 aromatic rings. The third-order valence-corrected chi connectivity index (χ3v) is 3.58. The summed E-state index contributed by atoms with van der Waals surface area (Å²) in [6, 6.07) is 17.9. The summed E-state index contributed by atoms with van der Waals surface area (Å²) in [4.78, 5) is 22.2. The van der Waals surface area contributed by atoms with Crippen LogP contribution in [0.15, 0.2) is 54.6 Å². The third kappa shape index (κ3) is 4.95. The lowest BCUT2D eigenvalue weighted by atomic mass is 10.0. The molecule has 4 nitrogen and oxygen atoms in total. The number of hydrogen-bond acceptors (Lipinski definition) is 3. The molecule has 1 N–H and O–H groups in total. The lowest BCUT2D eigenvalue weighted by molar-refractivity contribution is -0.152. The maximum atomic E-state index is 11.7. The van der Waals surface area contributed by atoms with Crippen LogP contribution in [0.4, 0.5) is 0 Å². The Bertz CT molecular complexity index is 647. The Balaban J connectivity index is 2.04. The number of carbonyl (C=O) groups excluding carboxylic acids is 1. The van der Waals surface area contributed by atoms with Crippen LogP contribution in [0.3, 0.4) is 0 Å². The minimum absolute atomic E-state index is 0.103. The van der Waals surface area contributed by atoms with Crippen LogP contribution in [-0.2, 0) is 14.3 Å². The maximum Gasteiger partial charge on any atom is 0.306 e. The van der Waals surface area contributed by atoms with Crippen LogP contribution in [0.1, 0.15) is 37.9 Å². The topological polar surface area (TPSA) is 63.6 Å². The summed E-state index contributed by atoms with van der Waals surface area (Å²) in [5, 5.41) is 8.60. The van der Waals surface area contributed by atoms with Crippen molar-refractivity contribution in [1.29, 1.82) is 0 Å². The molecule has 4 heteroatoms. The predicted molar refractivity (Wildman–Crippen MR) is 87.9 cm³/mol. The highest BCUT2D eigenvalue weighted by Crippen LogP contribution is 2.25. The van der Waals surface area contributed by atoms with Crippen molar-refractivity contribution in [2.75, 3.05) is 0 Å². The molecule has 0 aromatic heterocycles. The van der Waals surface area contributed by atoms with Gasteiger partial charge in [-0.15, -0.1) is 0 Å². The fourth-order valence-electron chi connectivity index (χ4n) is 2.33. The lowest BCUT2D eigenvalue weighted by Crippen LogP contribution is -2.12. The van der Waals surface area contributed by atoms with Crippen molar-refractivity contribution < 1.29 is 19.4 Å². The van der Waals surface area contributed by atoms with Gasteiger partial charge in [0.15, 0.2) is 0 Å². The minimum atomic E-state index is -0.998. The summed E-state index contributed by atoms with van der Waals surface area (Å²) < 4.78 is 5.38. The van der Waals surface area contributed by atoms with E-state index in [2.05, 4.69) is 0 Å². The van der Waals surface area contributed by atoms with Crippen molar-refractivity contribution in [1.82, 2.24) is 0 Å². The monoisotopic (exact) mass is 312 g/mol. The summed E-state index contributed by atoms with van der Waals surface area (Å²) in [5.41, 5.74) is 3.14.